The Hall–Kier alpha value is -4.36. The molecule has 2 aromatic carbocycles. The van der Waals surface area contributed by atoms with Gasteiger partial charge in [0.15, 0.2) is 5.65 Å². The normalized spacial score (nSPS) is 17.7. The second kappa shape index (κ2) is 7.60. The molecule has 0 saturated heterocycles. The monoisotopic (exact) mass is 455 g/mol. The third-order valence-electron chi connectivity index (χ3n) is 6.39. The quantitative estimate of drug-likeness (QED) is 0.447. The number of hydrogen-bond donors (Lipinski definition) is 1. The molecule has 0 bridgehead atoms. The van der Waals surface area contributed by atoms with E-state index in [1.807, 2.05) is 30.3 Å². The smallest absolute Gasteiger partial charge is 0.331 e. The Kier molecular flexibility index (Phi) is 4.53. The van der Waals surface area contributed by atoms with E-state index in [0.29, 0.717) is 35.0 Å². The second-order valence-electron chi connectivity index (χ2n) is 8.26. The number of rotatable bonds is 3. The molecule has 10 heteroatoms. The van der Waals surface area contributed by atoms with E-state index in [1.54, 1.807) is 15.2 Å². The average molecular weight is 455 g/mol. The second-order valence-corrected chi connectivity index (χ2v) is 8.26. The maximum absolute atomic E-state index is 13.9. The summed E-state index contributed by atoms with van der Waals surface area (Å²) in [5.41, 5.74) is 3.11. The summed E-state index contributed by atoms with van der Waals surface area (Å²) in [6, 6.07) is 13.4. The van der Waals surface area contributed by atoms with Crippen LogP contribution in [0.5, 0.6) is 0 Å². The predicted molar refractivity (Wildman–Crippen MR) is 121 cm³/mol. The lowest BCUT2D eigenvalue weighted by Gasteiger charge is -2.29. The number of halogens is 1. The molecule has 0 aliphatic heterocycles. The number of aromatic nitrogens is 6. The van der Waals surface area contributed by atoms with E-state index in [4.69, 9.17) is 0 Å². The minimum absolute atomic E-state index is 0.152. The molecule has 5 aromatic rings. The van der Waals surface area contributed by atoms with Crippen molar-refractivity contribution in [1.82, 2.24) is 28.7 Å². The van der Waals surface area contributed by atoms with Crippen LogP contribution >= 0.6 is 0 Å². The number of aliphatic hydroxyl groups is 1. The van der Waals surface area contributed by atoms with Gasteiger partial charge in [0.2, 0.25) is 5.95 Å². The summed E-state index contributed by atoms with van der Waals surface area (Å²) in [5.74, 6) is -0.183. The van der Waals surface area contributed by atoms with Crippen LogP contribution in [0.4, 0.5) is 4.39 Å². The van der Waals surface area contributed by atoms with Gasteiger partial charge >= 0.3 is 5.69 Å². The molecule has 1 aliphatic carbocycles. The zero-order chi connectivity index (χ0) is 23.4. The number of hydrogen-bond acceptors (Lipinski definition) is 6. The predicted octanol–water partition coefficient (Wildman–Crippen LogP) is 3.01. The molecular formula is C24H18FN7O2. The lowest BCUT2D eigenvalue weighted by Crippen LogP contribution is -2.30. The summed E-state index contributed by atoms with van der Waals surface area (Å²) >= 11 is 0. The number of nitrogens with zero attached hydrogens (tertiary/aromatic N) is 7. The van der Waals surface area contributed by atoms with Crippen LogP contribution in [-0.2, 0) is 6.54 Å². The van der Waals surface area contributed by atoms with E-state index in [9.17, 15) is 19.6 Å². The Labute approximate surface area is 192 Å². The highest BCUT2D eigenvalue weighted by molar-refractivity contribution is 5.78. The first-order valence-electron chi connectivity index (χ1n) is 10.8. The minimum Gasteiger partial charge on any atom is -0.388 e. The summed E-state index contributed by atoms with van der Waals surface area (Å²) in [7, 11) is 0. The van der Waals surface area contributed by atoms with Crippen LogP contribution in [0.2, 0.25) is 0 Å². The van der Waals surface area contributed by atoms with Gasteiger partial charge in [0, 0.05) is 6.07 Å². The highest BCUT2D eigenvalue weighted by Gasteiger charge is 2.31. The lowest BCUT2D eigenvalue weighted by atomic mass is 9.85. The Morgan fingerprint density at radius 3 is 2.76 bits per heavy atom. The van der Waals surface area contributed by atoms with Gasteiger partial charge in [-0.3, -0.25) is 13.7 Å². The maximum atomic E-state index is 13.9. The van der Waals surface area contributed by atoms with Crippen molar-refractivity contribution in [3.8, 4) is 12.0 Å². The SMILES string of the molecule is N#CCn1c(=O)n([C@@H]2CCC(O)c3ccccc32)c2nc(-n3cnc4ccc(F)cc43)ncc21. The van der Waals surface area contributed by atoms with Gasteiger partial charge in [-0.05, 0) is 36.1 Å². The summed E-state index contributed by atoms with van der Waals surface area (Å²) in [6.07, 6.45) is 3.42. The summed E-state index contributed by atoms with van der Waals surface area (Å²) in [5, 5.41) is 19.8. The number of benzene rings is 2. The van der Waals surface area contributed by atoms with Crippen molar-refractivity contribution in [2.24, 2.45) is 0 Å². The summed E-state index contributed by atoms with van der Waals surface area (Å²) < 4.78 is 18.4. The fourth-order valence-corrected chi connectivity index (χ4v) is 4.82. The first-order chi connectivity index (χ1) is 16.6. The molecule has 1 unspecified atom stereocenters. The molecule has 0 spiro atoms. The first-order valence-corrected chi connectivity index (χ1v) is 10.8. The van der Waals surface area contributed by atoms with Crippen molar-refractivity contribution in [2.45, 2.75) is 31.5 Å². The van der Waals surface area contributed by atoms with Gasteiger partial charge in [0.1, 0.15) is 24.2 Å². The van der Waals surface area contributed by atoms with Gasteiger partial charge in [-0.15, -0.1) is 0 Å². The fourth-order valence-electron chi connectivity index (χ4n) is 4.82. The fraction of sp³-hybridized carbons (Fsp3) is 0.208. The Balaban J connectivity index is 1.61. The minimum atomic E-state index is -0.604. The van der Waals surface area contributed by atoms with Crippen molar-refractivity contribution in [2.75, 3.05) is 0 Å². The largest absolute Gasteiger partial charge is 0.388 e. The molecule has 1 N–H and O–H groups in total. The highest BCUT2D eigenvalue weighted by atomic mass is 19.1. The Bertz CT molecular complexity index is 1680. The van der Waals surface area contributed by atoms with Crippen LogP contribution in [0.3, 0.4) is 0 Å². The van der Waals surface area contributed by atoms with Gasteiger partial charge in [-0.1, -0.05) is 24.3 Å². The molecule has 6 rings (SSSR count). The molecule has 1 aliphatic rings. The Morgan fingerprint density at radius 1 is 1.12 bits per heavy atom. The van der Waals surface area contributed by atoms with Crippen molar-refractivity contribution in [3.63, 3.8) is 0 Å². The molecule has 2 atom stereocenters. The van der Waals surface area contributed by atoms with Crippen molar-refractivity contribution < 1.29 is 9.50 Å². The van der Waals surface area contributed by atoms with E-state index >= 15 is 0 Å². The maximum Gasteiger partial charge on any atom is 0.331 e. The van der Waals surface area contributed by atoms with Crippen molar-refractivity contribution in [3.05, 3.63) is 82.4 Å². The van der Waals surface area contributed by atoms with E-state index in [1.165, 1.54) is 29.2 Å². The molecule has 3 aromatic heterocycles. The molecule has 0 fully saturated rings. The van der Waals surface area contributed by atoms with Crippen LogP contribution in [0.25, 0.3) is 28.1 Å². The molecule has 9 nitrogen and oxygen atoms in total. The van der Waals surface area contributed by atoms with E-state index in [0.717, 1.165) is 11.1 Å². The molecule has 34 heavy (non-hydrogen) atoms. The third-order valence-corrected chi connectivity index (χ3v) is 6.39. The van der Waals surface area contributed by atoms with Gasteiger partial charge in [0.05, 0.1) is 35.4 Å². The number of fused-ring (bicyclic) bond motifs is 3. The van der Waals surface area contributed by atoms with Gasteiger partial charge in [-0.25, -0.2) is 19.2 Å². The van der Waals surface area contributed by atoms with Gasteiger partial charge in [-0.2, -0.15) is 10.2 Å². The van der Waals surface area contributed by atoms with E-state index < -0.39 is 11.9 Å². The molecular weight excluding hydrogens is 437 g/mol. The van der Waals surface area contributed by atoms with E-state index in [2.05, 4.69) is 15.0 Å². The first kappa shape index (κ1) is 20.3. The number of imidazole rings is 2. The topological polar surface area (TPSA) is 115 Å². The van der Waals surface area contributed by atoms with Crippen LogP contribution in [0.1, 0.15) is 36.1 Å². The zero-order valence-electron chi connectivity index (χ0n) is 17.8. The number of nitriles is 1. The van der Waals surface area contributed by atoms with Gasteiger partial charge < -0.3 is 5.11 Å². The average Bonchev–Trinajstić information content (AvgIpc) is 3.38. The van der Waals surface area contributed by atoms with Crippen molar-refractivity contribution in [1.29, 1.82) is 5.26 Å². The molecule has 0 saturated carbocycles. The van der Waals surface area contributed by atoms with Gasteiger partial charge in [0.25, 0.3) is 0 Å². The molecule has 168 valence electrons. The standard InChI is InChI=1S/C24H18FN7O2/c25-14-5-6-17-19(11-14)31(13-28-17)23-27-12-20-22(29-23)32(24(34)30(20)10-9-26)18-7-8-21(33)16-4-2-1-3-15(16)18/h1-6,11-13,18,21,33H,7-8,10H2/t18-,21?/m1/s1. The lowest BCUT2D eigenvalue weighted by molar-refractivity contribution is 0.147. The summed E-state index contributed by atoms with van der Waals surface area (Å²) in [4.78, 5) is 26.9. The molecule has 3 heterocycles. The summed E-state index contributed by atoms with van der Waals surface area (Å²) in [6.45, 7) is -0.152. The third kappa shape index (κ3) is 2.94. The Morgan fingerprint density at radius 2 is 1.94 bits per heavy atom. The van der Waals surface area contributed by atoms with Crippen LogP contribution in [0.15, 0.2) is 59.8 Å². The molecule has 0 radical (unpaired) electrons. The van der Waals surface area contributed by atoms with Crippen LogP contribution in [0, 0.1) is 17.1 Å². The molecule has 0 amide bonds. The van der Waals surface area contributed by atoms with Crippen LogP contribution in [-0.4, -0.2) is 33.8 Å². The zero-order valence-corrected chi connectivity index (χ0v) is 17.8. The van der Waals surface area contributed by atoms with Crippen molar-refractivity contribution >= 4 is 22.2 Å². The number of aliphatic hydroxyl groups excluding tert-OH is 1. The van der Waals surface area contributed by atoms with E-state index in [-0.39, 0.29) is 24.2 Å². The van der Waals surface area contributed by atoms with Crippen LogP contribution < -0.4 is 5.69 Å². The highest BCUT2D eigenvalue weighted by Crippen LogP contribution is 2.38.